The number of phosphoric acid groups is 1. The molecule has 0 aromatic heterocycles. The van der Waals surface area contributed by atoms with Gasteiger partial charge in [0.25, 0.3) is 0 Å². The molecule has 0 spiro atoms. The van der Waals surface area contributed by atoms with Gasteiger partial charge in [-0.15, -0.1) is 0 Å². The average molecular weight is 807 g/mol. The quantitative estimate of drug-likeness (QED) is 0.0308. The highest BCUT2D eigenvalue weighted by Crippen LogP contribution is 2.43. The van der Waals surface area contributed by atoms with E-state index in [9.17, 15) is 24.2 Å². The van der Waals surface area contributed by atoms with Crippen LogP contribution in [0.15, 0.2) is 0 Å². The number of phosphoric ester groups is 1. The van der Waals surface area contributed by atoms with Crippen molar-refractivity contribution in [2.24, 2.45) is 0 Å². The predicted octanol–water partition coefficient (Wildman–Crippen LogP) is 12.2. The Labute approximate surface area is 337 Å². The Hall–Kier alpha value is -1.03. The summed E-state index contributed by atoms with van der Waals surface area (Å²) in [4.78, 5) is 35.0. The number of aliphatic hydroxyl groups excluding tert-OH is 2. The Morgan fingerprint density at radius 2 is 0.782 bits per heavy atom. The summed E-state index contributed by atoms with van der Waals surface area (Å²) < 4.78 is 32.7. The molecule has 0 heterocycles. The van der Waals surface area contributed by atoms with E-state index in [0.717, 1.165) is 38.5 Å². The highest BCUT2D eigenvalue weighted by atomic mass is 31.2. The van der Waals surface area contributed by atoms with Gasteiger partial charge in [-0.05, 0) is 12.8 Å². The van der Waals surface area contributed by atoms with E-state index in [-0.39, 0.29) is 19.4 Å². The lowest BCUT2D eigenvalue weighted by Crippen LogP contribution is -2.29. The molecule has 10 nitrogen and oxygen atoms in total. The fraction of sp³-hybridized carbons (Fsp3) is 0.955. The van der Waals surface area contributed by atoms with Gasteiger partial charge in [0.2, 0.25) is 0 Å². The molecule has 0 saturated heterocycles. The Kier molecular flexibility index (Phi) is 40.4. The van der Waals surface area contributed by atoms with Crippen LogP contribution in [0.25, 0.3) is 0 Å². The van der Waals surface area contributed by atoms with E-state index in [4.69, 9.17) is 23.6 Å². The number of ether oxygens (including phenoxy) is 2. The molecule has 0 aliphatic rings. The number of hydrogen-bond acceptors (Lipinski definition) is 9. The molecule has 0 saturated carbocycles. The van der Waals surface area contributed by atoms with Crippen LogP contribution in [0.3, 0.4) is 0 Å². The molecule has 55 heavy (non-hydrogen) atoms. The first-order valence-electron chi connectivity index (χ1n) is 23.0. The summed E-state index contributed by atoms with van der Waals surface area (Å²) in [5, 5.41) is 18.3. The monoisotopic (exact) mass is 807 g/mol. The fourth-order valence-corrected chi connectivity index (χ4v) is 7.49. The lowest BCUT2D eigenvalue weighted by molar-refractivity contribution is -0.161. The second-order valence-electron chi connectivity index (χ2n) is 15.8. The van der Waals surface area contributed by atoms with Crippen LogP contribution in [0.5, 0.6) is 0 Å². The first-order valence-corrected chi connectivity index (χ1v) is 24.5. The molecule has 1 unspecified atom stereocenters. The molecule has 0 bridgehead atoms. The summed E-state index contributed by atoms with van der Waals surface area (Å²) in [5.41, 5.74) is 0. The lowest BCUT2D eigenvalue weighted by Gasteiger charge is -2.20. The zero-order valence-electron chi connectivity index (χ0n) is 35.7. The number of hydrogen-bond donors (Lipinski definition) is 3. The maximum absolute atomic E-state index is 12.6. The summed E-state index contributed by atoms with van der Waals surface area (Å²) in [6.07, 6.45) is 37.9. The van der Waals surface area contributed by atoms with Crippen LogP contribution in [0, 0.1) is 0 Å². The van der Waals surface area contributed by atoms with Gasteiger partial charge in [0, 0.05) is 12.8 Å². The van der Waals surface area contributed by atoms with Gasteiger partial charge in [0.15, 0.2) is 6.10 Å². The van der Waals surface area contributed by atoms with E-state index in [1.165, 1.54) is 154 Å². The molecule has 11 heteroatoms. The zero-order chi connectivity index (χ0) is 40.5. The Morgan fingerprint density at radius 3 is 1.13 bits per heavy atom. The van der Waals surface area contributed by atoms with Gasteiger partial charge >= 0.3 is 19.8 Å². The number of aliphatic hydroxyl groups is 2. The van der Waals surface area contributed by atoms with Crippen molar-refractivity contribution in [3.05, 3.63) is 0 Å². The summed E-state index contributed by atoms with van der Waals surface area (Å²) in [7, 11) is -4.61. The van der Waals surface area contributed by atoms with Crippen LogP contribution < -0.4 is 0 Å². The number of rotatable bonds is 44. The van der Waals surface area contributed by atoms with Crippen molar-refractivity contribution in [2.75, 3.05) is 26.4 Å². The third kappa shape index (κ3) is 40.9. The van der Waals surface area contributed by atoms with Gasteiger partial charge in [-0.3, -0.25) is 18.6 Å². The SMILES string of the molecule is CCCCCCCCCCCCCCCCCCCCCCCC(=O)O[C@H](COC(=O)CCCCCCCCCCCCC)COP(=O)(O)OC[C@@H](O)CO. The minimum Gasteiger partial charge on any atom is -0.462 e. The number of unbranched alkanes of at least 4 members (excludes halogenated alkanes) is 30. The normalized spacial score (nSPS) is 13.8. The third-order valence-corrected chi connectivity index (χ3v) is 11.2. The van der Waals surface area contributed by atoms with Crippen molar-refractivity contribution in [1.29, 1.82) is 0 Å². The topological polar surface area (TPSA) is 149 Å². The van der Waals surface area contributed by atoms with E-state index in [0.29, 0.717) is 12.8 Å². The van der Waals surface area contributed by atoms with Gasteiger partial charge in [-0.2, -0.15) is 0 Å². The number of esters is 2. The van der Waals surface area contributed by atoms with E-state index in [1.807, 2.05) is 0 Å². The van der Waals surface area contributed by atoms with Gasteiger partial charge in [-0.1, -0.05) is 206 Å². The number of carbonyl (C=O) groups is 2. The largest absolute Gasteiger partial charge is 0.472 e. The van der Waals surface area contributed by atoms with Crippen LogP contribution in [0.1, 0.15) is 232 Å². The molecular formula is C44H87O10P. The maximum Gasteiger partial charge on any atom is 0.472 e. The molecule has 0 aromatic rings. The Bertz CT molecular complexity index is 889. The van der Waals surface area contributed by atoms with Crippen molar-refractivity contribution < 1.29 is 47.8 Å². The first kappa shape index (κ1) is 54.0. The van der Waals surface area contributed by atoms with Gasteiger partial charge in [-0.25, -0.2) is 4.57 Å². The average Bonchev–Trinajstić information content (AvgIpc) is 3.17. The highest BCUT2D eigenvalue weighted by Gasteiger charge is 2.27. The Morgan fingerprint density at radius 1 is 0.473 bits per heavy atom. The minimum atomic E-state index is -4.61. The standard InChI is InChI=1S/C44H87O10P/c1-3-5-7-9-11-13-15-16-17-18-19-20-21-22-23-24-26-28-30-32-34-36-44(48)54-42(40-53-55(49,50)52-38-41(46)37-45)39-51-43(47)35-33-31-29-27-25-14-12-10-8-6-4-2/h41-42,45-46H,3-40H2,1-2H3,(H,49,50)/t41-,42+/m0/s1. The zero-order valence-corrected chi connectivity index (χ0v) is 36.6. The maximum atomic E-state index is 12.6. The smallest absolute Gasteiger partial charge is 0.462 e. The Balaban J connectivity index is 4.14. The molecule has 3 N–H and O–H groups in total. The molecule has 328 valence electrons. The molecule has 3 atom stereocenters. The third-order valence-electron chi connectivity index (χ3n) is 10.3. The molecule has 0 aliphatic heterocycles. The van der Waals surface area contributed by atoms with Crippen LogP contribution >= 0.6 is 7.82 Å². The second-order valence-corrected chi connectivity index (χ2v) is 17.3. The van der Waals surface area contributed by atoms with Crippen LogP contribution in [0.2, 0.25) is 0 Å². The highest BCUT2D eigenvalue weighted by molar-refractivity contribution is 7.47. The summed E-state index contributed by atoms with van der Waals surface area (Å²) >= 11 is 0. The molecule has 0 aromatic carbocycles. The molecule has 0 rings (SSSR count). The van der Waals surface area contributed by atoms with E-state index in [2.05, 4.69) is 13.8 Å². The van der Waals surface area contributed by atoms with Crippen LogP contribution in [-0.4, -0.2) is 65.7 Å². The second kappa shape index (κ2) is 41.1. The minimum absolute atomic E-state index is 0.193. The van der Waals surface area contributed by atoms with Crippen molar-refractivity contribution in [1.82, 2.24) is 0 Å². The lowest BCUT2D eigenvalue weighted by atomic mass is 10.0. The molecule has 0 radical (unpaired) electrons. The van der Waals surface area contributed by atoms with E-state index in [1.54, 1.807) is 0 Å². The summed E-state index contributed by atoms with van der Waals surface area (Å²) in [6.45, 7) is 2.41. The van der Waals surface area contributed by atoms with Gasteiger partial charge < -0.3 is 24.6 Å². The molecule has 0 amide bonds. The van der Waals surface area contributed by atoms with E-state index < -0.39 is 51.8 Å². The van der Waals surface area contributed by atoms with Gasteiger partial charge in [0.05, 0.1) is 19.8 Å². The predicted molar refractivity (Wildman–Crippen MR) is 224 cm³/mol. The fourth-order valence-electron chi connectivity index (χ4n) is 6.70. The molecule has 0 aliphatic carbocycles. The van der Waals surface area contributed by atoms with Crippen molar-refractivity contribution >= 4 is 19.8 Å². The van der Waals surface area contributed by atoms with Crippen LogP contribution in [0.4, 0.5) is 0 Å². The molecule has 0 fully saturated rings. The number of carbonyl (C=O) groups excluding carboxylic acids is 2. The van der Waals surface area contributed by atoms with Crippen LogP contribution in [-0.2, 0) is 32.7 Å². The summed E-state index contributed by atoms with van der Waals surface area (Å²) in [5.74, 6) is -0.909. The molecular weight excluding hydrogens is 719 g/mol. The first-order chi connectivity index (χ1) is 26.7. The summed E-state index contributed by atoms with van der Waals surface area (Å²) in [6, 6.07) is 0. The van der Waals surface area contributed by atoms with Gasteiger partial charge in [0.1, 0.15) is 12.7 Å². The van der Waals surface area contributed by atoms with Crippen molar-refractivity contribution in [3.63, 3.8) is 0 Å². The van der Waals surface area contributed by atoms with Crippen molar-refractivity contribution in [2.45, 2.75) is 244 Å². The van der Waals surface area contributed by atoms with Crippen molar-refractivity contribution in [3.8, 4) is 0 Å². The van der Waals surface area contributed by atoms with E-state index >= 15 is 0 Å².